The number of hydrogen-bond acceptors (Lipinski definition) is 6. The molecule has 4 aromatic rings. The van der Waals surface area contributed by atoms with Gasteiger partial charge in [-0.2, -0.15) is 0 Å². The lowest BCUT2D eigenvalue weighted by molar-refractivity contribution is 0.0693. The minimum absolute atomic E-state index is 0.0870. The summed E-state index contributed by atoms with van der Waals surface area (Å²) < 4.78 is 18.8. The molecule has 8 nitrogen and oxygen atoms in total. The molecule has 1 aliphatic carbocycles. The normalized spacial score (nSPS) is 19.6. The molecule has 0 amide bonds. The molecule has 9 heteroatoms. The zero-order valence-corrected chi connectivity index (χ0v) is 17.6. The highest BCUT2D eigenvalue weighted by Gasteiger charge is 2.37. The fourth-order valence-corrected chi connectivity index (χ4v) is 4.56. The summed E-state index contributed by atoms with van der Waals surface area (Å²) in [6.07, 6.45) is 9.26. The van der Waals surface area contributed by atoms with Crippen LogP contribution in [0.2, 0.25) is 0 Å². The summed E-state index contributed by atoms with van der Waals surface area (Å²) in [6, 6.07) is 9.00. The topological polar surface area (TPSA) is 82.5 Å². The van der Waals surface area contributed by atoms with E-state index in [1.165, 1.54) is 12.5 Å². The molecule has 162 valence electrons. The van der Waals surface area contributed by atoms with Gasteiger partial charge in [0.15, 0.2) is 11.8 Å². The van der Waals surface area contributed by atoms with Crippen LogP contribution in [-0.2, 0) is 16.8 Å². The van der Waals surface area contributed by atoms with Gasteiger partial charge in [-0.1, -0.05) is 35.8 Å². The molecular formula is C23H22FN7O. The predicted molar refractivity (Wildman–Crippen MR) is 116 cm³/mol. The molecule has 1 aliphatic heterocycles. The van der Waals surface area contributed by atoms with Gasteiger partial charge in [0, 0.05) is 35.4 Å². The van der Waals surface area contributed by atoms with Crippen molar-refractivity contribution in [2.45, 2.75) is 50.7 Å². The number of oxime groups is 1. The van der Waals surface area contributed by atoms with Crippen molar-refractivity contribution in [2.24, 2.45) is 5.16 Å². The Morgan fingerprint density at radius 1 is 1.12 bits per heavy atom. The van der Waals surface area contributed by atoms with E-state index in [1.54, 1.807) is 23.1 Å². The predicted octanol–water partition coefficient (Wildman–Crippen LogP) is 3.76. The number of fused-ring (bicyclic) bond motifs is 1. The Hall–Kier alpha value is -3.62. The third kappa shape index (κ3) is 3.16. The lowest BCUT2D eigenvalue weighted by atomic mass is 9.70. The zero-order valence-electron chi connectivity index (χ0n) is 17.6. The molecule has 32 heavy (non-hydrogen) atoms. The smallest absolute Gasteiger partial charge is 0.161 e. The van der Waals surface area contributed by atoms with Crippen molar-refractivity contribution in [3.63, 3.8) is 0 Å². The molecule has 1 saturated carbocycles. The van der Waals surface area contributed by atoms with Crippen LogP contribution in [0, 0.1) is 5.82 Å². The van der Waals surface area contributed by atoms with Crippen LogP contribution in [0.3, 0.4) is 0 Å². The number of nitrogens with zero attached hydrogens (tertiary/aromatic N) is 7. The lowest BCUT2D eigenvalue weighted by Gasteiger charge is -2.36. The Labute approximate surface area is 183 Å². The first kappa shape index (κ1) is 19.1. The van der Waals surface area contributed by atoms with Crippen LogP contribution in [-0.4, -0.2) is 41.4 Å². The second-order valence-electron chi connectivity index (χ2n) is 8.87. The third-order valence-corrected chi connectivity index (χ3v) is 6.62. The van der Waals surface area contributed by atoms with E-state index in [-0.39, 0.29) is 17.3 Å². The van der Waals surface area contributed by atoms with E-state index in [2.05, 4.69) is 32.6 Å². The minimum atomic E-state index is -0.306. The van der Waals surface area contributed by atoms with Gasteiger partial charge in [0.05, 0.1) is 18.5 Å². The van der Waals surface area contributed by atoms with Crippen molar-refractivity contribution in [3.8, 4) is 11.1 Å². The fourth-order valence-electron chi connectivity index (χ4n) is 4.56. The molecule has 0 N–H and O–H groups in total. The van der Waals surface area contributed by atoms with E-state index >= 15 is 4.39 Å². The number of hydrogen-bond donors (Lipinski definition) is 0. The van der Waals surface area contributed by atoms with Crippen LogP contribution in [0.1, 0.15) is 44.0 Å². The first-order valence-electron chi connectivity index (χ1n) is 10.8. The molecule has 6 rings (SSSR count). The highest BCUT2D eigenvalue weighted by molar-refractivity contribution is 6.01. The van der Waals surface area contributed by atoms with Crippen molar-refractivity contribution in [1.29, 1.82) is 0 Å². The second kappa shape index (κ2) is 7.22. The lowest BCUT2D eigenvalue weighted by Crippen LogP contribution is -2.32. The van der Waals surface area contributed by atoms with E-state index in [0.29, 0.717) is 18.5 Å². The molecular weight excluding hydrogens is 409 g/mol. The molecule has 2 aliphatic rings. The SMILES string of the molecule is CC1(c2nnc3cc(-c4ccc(C5=NO[C@@H](Cn6ccnn6)C5)cc4F)ccn23)CCC1. The van der Waals surface area contributed by atoms with E-state index in [4.69, 9.17) is 4.84 Å². The molecule has 3 aromatic heterocycles. The van der Waals surface area contributed by atoms with Gasteiger partial charge in [-0.15, -0.1) is 15.3 Å². The van der Waals surface area contributed by atoms with Crippen LogP contribution in [0.4, 0.5) is 4.39 Å². The summed E-state index contributed by atoms with van der Waals surface area (Å²) in [7, 11) is 0. The Kier molecular flexibility index (Phi) is 4.31. The van der Waals surface area contributed by atoms with Crippen LogP contribution in [0.5, 0.6) is 0 Å². The van der Waals surface area contributed by atoms with Crippen molar-refractivity contribution in [2.75, 3.05) is 0 Å². The van der Waals surface area contributed by atoms with Gasteiger partial charge in [-0.05, 0) is 36.6 Å². The molecule has 4 heterocycles. The van der Waals surface area contributed by atoms with Gasteiger partial charge in [-0.25, -0.2) is 9.07 Å². The molecule has 0 spiro atoms. The quantitative estimate of drug-likeness (QED) is 0.481. The van der Waals surface area contributed by atoms with Crippen molar-refractivity contribution < 1.29 is 9.23 Å². The van der Waals surface area contributed by atoms with Crippen LogP contribution in [0.15, 0.2) is 54.1 Å². The molecule has 1 atom stereocenters. The maximum atomic E-state index is 15.1. The average molecular weight is 431 g/mol. The second-order valence-corrected chi connectivity index (χ2v) is 8.87. The fraction of sp³-hybridized carbons (Fsp3) is 0.348. The monoisotopic (exact) mass is 431 g/mol. The third-order valence-electron chi connectivity index (χ3n) is 6.62. The van der Waals surface area contributed by atoms with E-state index in [9.17, 15) is 0 Å². The van der Waals surface area contributed by atoms with E-state index < -0.39 is 0 Å². The summed E-state index contributed by atoms with van der Waals surface area (Å²) in [5.74, 6) is 0.681. The number of aromatic nitrogens is 6. The number of rotatable bonds is 5. The maximum Gasteiger partial charge on any atom is 0.161 e. The van der Waals surface area contributed by atoms with Gasteiger partial charge < -0.3 is 4.84 Å². The van der Waals surface area contributed by atoms with Crippen LogP contribution < -0.4 is 0 Å². The van der Waals surface area contributed by atoms with Gasteiger partial charge >= 0.3 is 0 Å². The van der Waals surface area contributed by atoms with Crippen molar-refractivity contribution in [1.82, 2.24) is 29.6 Å². The Morgan fingerprint density at radius 3 is 2.78 bits per heavy atom. The van der Waals surface area contributed by atoms with Gasteiger partial charge in [-0.3, -0.25) is 4.40 Å². The van der Waals surface area contributed by atoms with Gasteiger partial charge in [0.1, 0.15) is 11.6 Å². The Balaban J connectivity index is 1.23. The number of pyridine rings is 1. The summed E-state index contributed by atoms with van der Waals surface area (Å²) in [4.78, 5) is 5.50. The molecule has 0 bridgehead atoms. The van der Waals surface area contributed by atoms with Crippen molar-refractivity contribution >= 4 is 11.4 Å². The summed E-state index contributed by atoms with van der Waals surface area (Å²) in [5, 5.41) is 20.7. The van der Waals surface area contributed by atoms with Crippen molar-refractivity contribution in [3.05, 3.63) is 66.1 Å². The molecule has 0 saturated heterocycles. The van der Waals surface area contributed by atoms with Crippen LogP contribution >= 0.6 is 0 Å². The summed E-state index contributed by atoms with van der Waals surface area (Å²) >= 11 is 0. The molecule has 0 unspecified atom stereocenters. The van der Waals surface area contributed by atoms with Gasteiger partial charge in [0.2, 0.25) is 0 Å². The maximum absolute atomic E-state index is 15.1. The number of benzene rings is 1. The zero-order chi connectivity index (χ0) is 21.7. The largest absolute Gasteiger partial charge is 0.390 e. The van der Waals surface area contributed by atoms with E-state index in [0.717, 1.165) is 41.2 Å². The molecule has 0 radical (unpaired) electrons. The minimum Gasteiger partial charge on any atom is -0.390 e. The van der Waals surface area contributed by atoms with E-state index in [1.807, 2.05) is 28.8 Å². The highest BCUT2D eigenvalue weighted by atomic mass is 19.1. The Bertz CT molecular complexity index is 1320. The summed E-state index contributed by atoms with van der Waals surface area (Å²) in [5.41, 5.74) is 3.56. The standard InChI is InChI=1S/C23H22FN7O/c1-23(6-2-7-23)22-27-26-21-12-15(5-9-31(21)22)18-4-3-16(11-19(18)24)20-13-17(32-28-20)14-30-10-8-25-29-30/h3-5,8-12,17H,2,6-7,13-14H2,1H3/t17-/m1/s1. The first-order valence-corrected chi connectivity index (χ1v) is 10.8. The average Bonchev–Trinajstić information content (AvgIpc) is 3.53. The highest BCUT2D eigenvalue weighted by Crippen LogP contribution is 2.42. The number of halogens is 1. The Morgan fingerprint density at radius 2 is 2.03 bits per heavy atom. The molecule has 1 aromatic carbocycles. The van der Waals surface area contributed by atoms with Crippen LogP contribution in [0.25, 0.3) is 16.8 Å². The summed E-state index contributed by atoms with van der Waals surface area (Å²) in [6.45, 7) is 2.78. The van der Waals surface area contributed by atoms with Gasteiger partial charge in [0.25, 0.3) is 0 Å². The first-order chi connectivity index (χ1) is 15.6. The molecule has 1 fully saturated rings.